The number of nitrogens with one attached hydrogen (secondary N) is 2. The number of nitrogens with two attached hydrogens (primary N) is 1. The lowest BCUT2D eigenvalue weighted by Gasteiger charge is -2.38. The molecule has 1 aliphatic carbocycles. The number of halogens is 2. The summed E-state index contributed by atoms with van der Waals surface area (Å²) >= 11 is -1.29. The molecule has 1 unspecified atom stereocenters. The second-order valence-corrected chi connectivity index (χ2v) is 18.3. The molecule has 3 aliphatic rings. The number of aliphatic hydroxyl groups is 1. The van der Waals surface area contributed by atoms with Crippen molar-refractivity contribution >= 4 is 50.4 Å². The average molecular weight is 798 g/mol. The van der Waals surface area contributed by atoms with E-state index in [4.69, 9.17) is 5.73 Å². The maximum Gasteiger partial charge on any atom is 0.341 e. The summed E-state index contributed by atoms with van der Waals surface area (Å²) in [5, 5.41) is 24.3. The summed E-state index contributed by atoms with van der Waals surface area (Å²) in [5.41, 5.74) is 2.39. The Morgan fingerprint density at radius 1 is 1.09 bits per heavy atom. The predicted molar refractivity (Wildman–Crippen MR) is 189 cm³/mol. The molecule has 5 N–H and O–H groups in total. The van der Waals surface area contributed by atoms with E-state index in [1.54, 1.807) is 0 Å². The third-order valence-corrected chi connectivity index (χ3v) is 13.2. The zero-order chi connectivity index (χ0) is 39.6. The van der Waals surface area contributed by atoms with Gasteiger partial charge in [0.2, 0.25) is 27.4 Å². The fraction of sp³-hybridized carbons (Fsp3) is 0.618. The van der Waals surface area contributed by atoms with Crippen LogP contribution in [0.2, 0.25) is 0 Å². The van der Waals surface area contributed by atoms with Crippen molar-refractivity contribution in [3.8, 4) is 0 Å². The van der Waals surface area contributed by atoms with Gasteiger partial charge >= 0.3 is 5.76 Å². The Labute approximate surface area is 314 Å². The molecular weight excluding hydrogens is 753 g/mol. The average Bonchev–Trinajstić information content (AvgIpc) is 3.81. The molecule has 1 aromatic heterocycles. The van der Waals surface area contributed by atoms with E-state index in [-0.39, 0.29) is 55.2 Å². The Morgan fingerprint density at radius 3 is 2.30 bits per heavy atom. The second kappa shape index (κ2) is 16.4. The van der Waals surface area contributed by atoms with Crippen LogP contribution < -0.4 is 16.4 Å². The van der Waals surface area contributed by atoms with E-state index in [0.717, 1.165) is 56.4 Å². The molecule has 20 heteroatoms. The third-order valence-electron chi connectivity index (χ3n) is 10.5. The number of aromatic nitrogens is 3. The normalized spacial score (nSPS) is 24.6. The van der Waals surface area contributed by atoms with Crippen LogP contribution in [0, 0.1) is 5.92 Å². The first kappa shape index (κ1) is 41.2. The molecule has 2 aromatic rings. The molecule has 5 rings (SSSR count). The number of alkyl halides is 2. The van der Waals surface area contributed by atoms with Gasteiger partial charge in [-0.1, -0.05) is 48.5 Å². The van der Waals surface area contributed by atoms with Gasteiger partial charge in [-0.05, 0) is 50.5 Å². The molecule has 54 heavy (non-hydrogen) atoms. The van der Waals surface area contributed by atoms with E-state index < -0.39 is 90.3 Å². The molecule has 4 amide bonds. The number of primary amides is 1. The number of carbonyl (C=O) groups excluding carboxylic acids is 5. The lowest BCUT2D eigenvalue weighted by atomic mass is 9.84. The number of Topliss-reactive ketones (excluding diaryl/α,β-unsaturated/α-hetero) is 1. The highest BCUT2D eigenvalue weighted by Crippen LogP contribution is 2.35. The van der Waals surface area contributed by atoms with Gasteiger partial charge in [-0.25, -0.2) is 13.1 Å². The Hall–Kier alpha value is -4.01. The van der Waals surface area contributed by atoms with Gasteiger partial charge in [0.25, 0.3) is 11.8 Å². The van der Waals surface area contributed by atoms with Crippen molar-refractivity contribution in [2.75, 3.05) is 18.1 Å². The summed E-state index contributed by atoms with van der Waals surface area (Å²) in [6, 6.07) is 0.669. The summed E-state index contributed by atoms with van der Waals surface area (Å²) in [6.45, 7) is 2.89. The molecule has 2 aliphatic heterocycles. The molecule has 1 aromatic carbocycles. The van der Waals surface area contributed by atoms with Crippen molar-refractivity contribution in [1.82, 2.24) is 30.5 Å². The Balaban J connectivity index is 1.48. The fourth-order valence-corrected chi connectivity index (χ4v) is 9.60. The van der Waals surface area contributed by atoms with Gasteiger partial charge in [-0.3, -0.25) is 24.0 Å². The van der Waals surface area contributed by atoms with Crippen LogP contribution in [0.3, 0.4) is 0 Å². The van der Waals surface area contributed by atoms with Gasteiger partial charge in [0.15, 0.2) is 0 Å². The maximum absolute atomic E-state index is 14.7. The zero-order valence-corrected chi connectivity index (χ0v) is 31.5. The van der Waals surface area contributed by atoms with Crippen LogP contribution in [-0.4, -0.2) is 109 Å². The molecule has 1 saturated carbocycles. The minimum atomic E-state index is -4.92. The molecular formula is C34H45F2N7O9S2. The van der Waals surface area contributed by atoms with Crippen molar-refractivity contribution in [3.63, 3.8) is 0 Å². The minimum absolute atomic E-state index is 0.0215. The lowest BCUT2D eigenvalue weighted by molar-refractivity contribution is -0.145. The van der Waals surface area contributed by atoms with Crippen LogP contribution in [0.25, 0.3) is 0 Å². The van der Waals surface area contributed by atoms with E-state index in [2.05, 4.69) is 20.9 Å². The Bertz CT molecular complexity index is 1840. The topological polar surface area (TPSA) is 247 Å². The predicted octanol–water partition coefficient (Wildman–Crippen LogP) is 0.865. The smallest absolute Gasteiger partial charge is 0.341 e. The quantitative estimate of drug-likeness (QED) is 0.164. The van der Waals surface area contributed by atoms with Gasteiger partial charge in [-0.15, -0.1) is 5.10 Å². The van der Waals surface area contributed by atoms with Crippen molar-refractivity contribution in [1.29, 1.82) is 0 Å². The van der Waals surface area contributed by atoms with E-state index in [1.807, 2.05) is 0 Å². The number of amides is 4. The van der Waals surface area contributed by atoms with E-state index in [1.165, 1.54) is 29.6 Å². The molecule has 3 fully saturated rings. The number of ketones is 1. The number of rotatable bonds is 13. The second-order valence-electron chi connectivity index (χ2n) is 14.7. The van der Waals surface area contributed by atoms with Crippen molar-refractivity contribution in [3.05, 3.63) is 41.7 Å². The summed E-state index contributed by atoms with van der Waals surface area (Å²) in [4.78, 5) is 68.4. The number of benzene rings is 1. The molecule has 16 nitrogen and oxygen atoms in total. The standard InChI is InChI=1S/C34H45F2N7O9S2/c1-33(2,49)26-18-38-41-43(26)22-17-25(30(47)40-34(27(44)28(37)45)12-14-53(50)15-13-34)42(19-22)31(48)24(16-20-6-4-3-5-7-20)39-29(46)21-8-10-23(11-9-21)54(51,52)32(35)36/h8-11,18,20,22,24-25,32,49H,3-7,12-17,19H2,1-2H3,(H2,37,45)(H,39,46)(H,40,47)/t22-,24?,25-,34?,53?/m0/s1. The Kier molecular flexibility index (Phi) is 12.5. The largest absolute Gasteiger partial charge is 0.616 e. The summed E-state index contributed by atoms with van der Waals surface area (Å²) in [7, 11) is -4.92. The maximum atomic E-state index is 14.7. The van der Waals surface area contributed by atoms with Gasteiger partial charge < -0.3 is 30.9 Å². The van der Waals surface area contributed by atoms with E-state index in [9.17, 15) is 50.8 Å². The first-order chi connectivity index (χ1) is 25.3. The third kappa shape index (κ3) is 8.92. The molecule has 296 valence electrons. The van der Waals surface area contributed by atoms with Crippen LogP contribution in [-0.2, 0) is 45.8 Å². The number of nitrogens with zero attached hydrogens (tertiary/aromatic N) is 4. The summed E-state index contributed by atoms with van der Waals surface area (Å²) in [6.07, 6.45) is 5.60. The van der Waals surface area contributed by atoms with Crippen LogP contribution in [0.5, 0.6) is 0 Å². The number of likely N-dealkylation sites (tertiary alicyclic amines) is 1. The first-order valence-electron chi connectivity index (χ1n) is 17.7. The fourth-order valence-electron chi connectivity index (χ4n) is 7.52. The van der Waals surface area contributed by atoms with Crippen molar-refractivity contribution in [2.45, 2.75) is 112 Å². The number of hydrogen-bond acceptors (Lipinski definition) is 11. The number of hydrogen-bond donors (Lipinski definition) is 4. The highest BCUT2D eigenvalue weighted by molar-refractivity contribution is 7.91. The summed E-state index contributed by atoms with van der Waals surface area (Å²) in [5.74, 6) is -8.18. The van der Waals surface area contributed by atoms with Crippen molar-refractivity contribution in [2.24, 2.45) is 11.7 Å². The zero-order valence-electron chi connectivity index (χ0n) is 29.9. The van der Waals surface area contributed by atoms with Crippen LogP contribution in [0.4, 0.5) is 8.78 Å². The van der Waals surface area contributed by atoms with E-state index in [0.29, 0.717) is 5.69 Å². The van der Waals surface area contributed by atoms with E-state index >= 15 is 0 Å². The monoisotopic (exact) mass is 797 g/mol. The Morgan fingerprint density at radius 2 is 1.72 bits per heavy atom. The van der Waals surface area contributed by atoms with Gasteiger partial charge in [0, 0.05) is 31.4 Å². The SMILES string of the molecule is CC(C)(O)c1cnnn1[C@H]1C[C@@H](C(=O)NC2(C(=O)C(N)=O)CC[S+]([O-])CC2)N(C(=O)C(CC2CCCCC2)NC(=O)c2ccc(S(=O)(=O)C(F)F)cc2)C1. The van der Waals surface area contributed by atoms with Gasteiger partial charge in [0.1, 0.15) is 34.7 Å². The molecule has 0 bridgehead atoms. The lowest BCUT2D eigenvalue weighted by Crippen LogP contribution is -2.64. The molecule has 2 saturated heterocycles. The van der Waals surface area contributed by atoms with Crippen LogP contribution in [0.15, 0.2) is 35.4 Å². The highest BCUT2D eigenvalue weighted by atomic mass is 32.2. The molecule has 0 radical (unpaired) electrons. The molecule has 0 spiro atoms. The molecule has 3 heterocycles. The summed E-state index contributed by atoms with van der Waals surface area (Å²) < 4.78 is 63.7. The minimum Gasteiger partial charge on any atom is -0.616 e. The molecule has 3 atom stereocenters. The van der Waals surface area contributed by atoms with Gasteiger partial charge in [-0.2, -0.15) is 8.78 Å². The highest BCUT2D eigenvalue weighted by Gasteiger charge is 2.51. The van der Waals surface area contributed by atoms with Crippen molar-refractivity contribution < 1.29 is 50.8 Å². The van der Waals surface area contributed by atoms with Crippen LogP contribution in [0.1, 0.15) is 93.7 Å². The number of sulfone groups is 1. The van der Waals surface area contributed by atoms with Gasteiger partial charge in [0.05, 0.1) is 22.8 Å². The first-order valence-corrected chi connectivity index (χ1v) is 20.7. The number of carbonyl (C=O) groups is 5. The van der Waals surface area contributed by atoms with Crippen LogP contribution >= 0.6 is 0 Å².